The first kappa shape index (κ1) is 11.8. The van der Waals surface area contributed by atoms with Crippen molar-refractivity contribution < 1.29 is 8.42 Å². The lowest BCUT2D eigenvalue weighted by atomic mass is 10.4. The van der Waals surface area contributed by atoms with Crippen molar-refractivity contribution >= 4 is 21.3 Å². The predicted molar refractivity (Wildman–Crippen MR) is 61.6 cm³/mol. The number of hydrogen-bond donors (Lipinski definition) is 1. The molecule has 1 rings (SSSR count). The minimum atomic E-state index is -2.93. The van der Waals surface area contributed by atoms with Gasteiger partial charge in [-0.05, 0) is 12.1 Å². The molecule has 0 aromatic carbocycles. The summed E-state index contributed by atoms with van der Waals surface area (Å²) in [5.74, 6) is 0.836. The molecule has 0 amide bonds. The van der Waals surface area contributed by atoms with Crippen LogP contribution in [0.25, 0.3) is 0 Å². The van der Waals surface area contributed by atoms with E-state index in [1.165, 1.54) is 6.26 Å². The number of sulfone groups is 1. The zero-order chi connectivity index (χ0) is 11.5. The van der Waals surface area contributed by atoms with E-state index < -0.39 is 9.84 Å². The standard InChI is InChI=1S/C9H15N3O2S/c1-12(5-6-15(2,13)14)9-4-3-8(10)7-11-9/h3-4,7H,5-6,10H2,1-2H3. The van der Waals surface area contributed by atoms with Gasteiger partial charge in [0.2, 0.25) is 0 Å². The van der Waals surface area contributed by atoms with Gasteiger partial charge in [-0.3, -0.25) is 0 Å². The topological polar surface area (TPSA) is 76.3 Å². The van der Waals surface area contributed by atoms with E-state index in [1.54, 1.807) is 30.3 Å². The number of pyridine rings is 1. The van der Waals surface area contributed by atoms with Crippen LogP contribution >= 0.6 is 0 Å². The number of nitrogen functional groups attached to an aromatic ring is 1. The first-order valence-electron chi connectivity index (χ1n) is 4.49. The van der Waals surface area contributed by atoms with Crippen molar-refractivity contribution in [1.29, 1.82) is 0 Å². The largest absolute Gasteiger partial charge is 0.397 e. The molecule has 0 unspecified atom stereocenters. The van der Waals surface area contributed by atoms with Gasteiger partial charge in [-0.15, -0.1) is 0 Å². The Morgan fingerprint density at radius 1 is 1.47 bits per heavy atom. The zero-order valence-electron chi connectivity index (χ0n) is 8.84. The Morgan fingerprint density at radius 2 is 2.13 bits per heavy atom. The molecule has 0 saturated heterocycles. The fourth-order valence-corrected chi connectivity index (χ4v) is 1.65. The Labute approximate surface area is 89.8 Å². The minimum absolute atomic E-state index is 0.121. The van der Waals surface area contributed by atoms with Crippen LogP contribution in [0.4, 0.5) is 11.5 Å². The molecule has 0 aliphatic carbocycles. The van der Waals surface area contributed by atoms with Crippen LogP contribution in [0.3, 0.4) is 0 Å². The van der Waals surface area contributed by atoms with E-state index in [0.29, 0.717) is 18.1 Å². The summed E-state index contributed by atoms with van der Waals surface area (Å²) in [6.07, 6.45) is 2.77. The van der Waals surface area contributed by atoms with E-state index in [1.807, 2.05) is 0 Å². The molecule has 0 radical (unpaired) electrons. The van der Waals surface area contributed by atoms with Crippen LogP contribution in [0.5, 0.6) is 0 Å². The fraction of sp³-hybridized carbons (Fsp3) is 0.444. The molecule has 1 aromatic rings. The zero-order valence-corrected chi connectivity index (χ0v) is 9.66. The molecule has 0 atom stereocenters. The maximum Gasteiger partial charge on any atom is 0.149 e. The molecule has 0 saturated carbocycles. The van der Waals surface area contributed by atoms with Gasteiger partial charge in [0.15, 0.2) is 0 Å². The second-order valence-electron chi connectivity index (χ2n) is 3.50. The predicted octanol–water partition coefficient (Wildman–Crippen LogP) is 0.145. The van der Waals surface area contributed by atoms with Gasteiger partial charge >= 0.3 is 0 Å². The number of aromatic nitrogens is 1. The summed E-state index contributed by atoms with van der Waals surface area (Å²) < 4.78 is 21.9. The first-order chi connectivity index (χ1) is 6.88. The molecule has 15 heavy (non-hydrogen) atoms. The van der Waals surface area contributed by atoms with Crippen LogP contribution in [0.15, 0.2) is 18.3 Å². The van der Waals surface area contributed by atoms with E-state index in [4.69, 9.17) is 5.73 Å². The minimum Gasteiger partial charge on any atom is -0.397 e. The molecule has 0 bridgehead atoms. The number of hydrogen-bond acceptors (Lipinski definition) is 5. The summed E-state index contributed by atoms with van der Waals surface area (Å²) in [4.78, 5) is 5.86. The third-order valence-corrected chi connectivity index (χ3v) is 2.88. The van der Waals surface area contributed by atoms with Gasteiger partial charge in [-0.1, -0.05) is 0 Å². The van der Waals surface area contributed by atoms with Crippen LogP contribution in [0.2, 0.25) is 0 Å². The molecule has 0 aliphatic heterocycles. The van der Waals surface area contributed by atoms with Crippen molar-refractivity contribution in [2.45, 2.75) is 0 Å². The van der Waals surface area contributed by atoms with Crippen molar-refractivity contribution in [3.8, 4) is 0 Å². The van der Waals surface area contributed by atoms with Crippen LogP contribution in [0.1, 0.15) is 0 Å². The molecule has 6 heteroatoms. The van der Waals surface area contributed by atoms with Crippen molar-refractivity contribution in [3.63, 3.8) is 0 Å². The van der Waals surface area contributed by atoms with Crippen molar-refractivity contribution in [2.75, 3.05) is 36.2 Å². The molecule has 1 aromatic heterocycles. The Bertz CT molecular complexity index is 413. The molecular formula is C9H15N3O2S. The van der Waals surface area contributed by atoms with Crippen molar-refractivity contribution in [3.05, 3.63) is 18.3 Å². The molecule has 0 fully saturated rings. The number of nitrogens with zero attached hydrogens (tertiary/aromatic N) is 2. The van der Waals surface area contributed by atoms with Gasteiger partial charge in [0, 0.05) is 19.8 Å². The molecule has 84 valence electrons. The van der Waals surface area contributed by atoms with Crippen LogP contribution < -0.4 is 10.6 Å². The van der Waals surface area contributed by atoms with Crippen LogP contribution in [-0.2, 0) is 9.84 Å². The highest BCUT2D eigenvalue weighted by Gasteiger charge is 2.06. The molecule has 0 spiro atoms. The molecule has 5 nitrogen and oxygen atoms in total. The summed E-state index contributed by atoms with van der Waals surface area (Å²) in [5.41, 5.74) is 6.09. The Morgan fingerprint density at radius 3 is 2.60 bits per heavy atom. The highest BCUT2D eigenvalue weighted by atomic mass is 32.2. The van der Waals surface area contributed by atoms with Crippen molar-refractivity contribution in [2.24, 2.45) is 0 Å². The Kier molecular flexibility index (Phi) is 3.52. The molecule has 2 N–H and O–H groups in total. The number of anilines is 2. The van der Waals surface area contributed by atoms with E-state index in [0.717, 1.165) is 0 Å². The van der Waals surface area contributed by atoms with Crippen LogP contribution in [-0.4, -0.2) is 39.0 Å². The van der Waals surface area contributed by atoms with Gasteiger partial charge < -0.3 is 10.6 Å². The highest BCUT2D eigenvalue weighted by molar-refractivity contribution is 7.90. The van der Waals surface area contributed by atoms with Gasteiger partial charge in [0.25, 0.3) is 0 Å². The first-order valence-corrected chi connectivity index (χ1v) is 6.55. The van der Waals surface area contributed by atoms with Crippen LogP contribution in [0, 0.1) is 0 Å². The summed E-state index contributed by atoms with van der Waals surface area (Å²) in [6.45, 7) is 0.426. The SMILES string of the molecule is CN(CCS(C)(=O)=O)c1ccc(N)cn1. The monoisotopic (exact) mass is 229 g/mol. The Hall–Kier alpha value is -1.30. The van der Waals surface area contributed by atoms with Crippen molar-refractivity contribution in [1.82, 2.24) is 4.98 Å². The van der Waals surface area contributed by atoms with E-state index in [9.17, 15) is 8.42 Å². The quantitative estimate of drug-likeness (QED) is 0.795. The van der Waals surface area contributed by atoms with E-state index in [2.05, 4.69) is 4.98 Å². The average molecular weight is 229 g/mol. The van der Waals surface area contributed by atoms with E-state index in [-0.39, 0.29) is 5.75 Å². The third-order valence-electron chi connectivity index (χ3n) is 1.96. The molecule has 0 aliphatic rings. The average Bonchev–Trinajstić information content (AvgIpc) is 2.14. The van der Waals surface area contributed by atoms with Gasteiger partial charge in [0.05, 0.1) is 17.6 Å². The summed E-state index contributed by atoms with van der Waals surface area (Å²) in [7, 11) is -1.13. The van der Waals surface area contributed by atoms with Gasteiger partial charge in [-0.25, -0.2) is 13.4 Å². The normalized spacial score (nSPS) is 11.3. The second kappa shape index (κ2) is 4.48. The molecular weight excluding hydrogens is 214 g/mol. The summed E-state index contributed by atoms with van der Waals surface area (Å²) >= 11 is 0. The third kappa shape index (κ3) is 4.16. The lowest BCUT2D eigenvalue weighted by Crippen LogP contribution is -2.25. The Balaban J connectivity index is 2.61. The lowest BCUT2D eigenvalue weighted by Gasteiger charge is -2.17. The highest BCUT2D eigenvalue weighted by Crippen LogP contribution is 2.10. The second-order valence-corrected chi connectivity index (χ2v) is 5.76. The number of nitrogens with two attached hydrogens (primary N) is 1. The lowest BCUT2D eigenvalue weighted by molar-refractivity contribution is 0.601. The van der Waals surface area contributed by atoms with Gasteiger partial charge in [0.1, 0.15) is 15.7 Å². The molecule has 1 heterocycles. The van der Waals surface area contributed by atoms with Gasteiger partial charge in [-0.2, -0.15) is 0 Å². The maximum absolute atomic E-state index is 11.0. The van der Waals surface area contributed by atoms with E-state index >= 15 is 0 Å². The summed E-state index contributed by atoms with van der Waals surface area (Å²) in [6, 6.07) is 3.50. The smallest absolute Gasteiger partial charge is 0.149 e. The maximum atomic E-state index is 11.0. The summed E-state index contributed by atoms with van der Waals surface area (Å²) in [5, 5.41) is 0. The number of rotatable bonds is 4. The fourth-order valence-electron chi connectivity index (χ4n) is 1.04.